The third-order valence-corrected chi connectivity index (χ3v) is 6.16. The number of nitrogens with one attached hydrogen (secondary N) is 1. The number of likely N-dealkylation sites (tertiary alicyclic amines) is 1. The summed E-state index contributed by atoms with van der Waals surface area (Å²) in [5.74, 6) is 2.38. The molecule has 0 spiro atoms. The van der Waals surface area contributed by atoms with Crippen molar-refractivity contribution in [2.75, 3.05) is 31.6 Å². The summed E-state index contributed by atoms with van der Waals surface area (Å²) < 4.78 is 11.2. The van der Waals surface area contributed by atoms with E-state index in [0.717, 1.165) is 47.8 Å². The van der Waals surface area contributed by atoms with Crippen molar-refractivity contribution in [2.45, 2.75) is 32.6 Å². The van der Waals surface area contributed by atoms with Crippen LogP contribution in [0.15, 0.2) is 48.7 Å². The number of carbonyl (C=O) groups is 1. The van der Waals surface area contributed by atoms with Crippen molar-refractivity contribution in [2.24, 2.45) is 0 Å². The Kier molecular flexibility index (Phi) is 5.86. The van der Waals surface area contributed by atoms with Crippen LogP contribution in [0, 0.1) is 13.8 Å². The summed E-state index contributed by atoms with van der Waals surface area (Å²) in [5.41, 5.74) is 4.63. The SMILES string of the molecule is Cc1cc(Nc2ncccc2C)cc([C@H]2CCCN(C(=O)c3ccc4c(c3)OCCO4)C2)n1. The highest BCUT2D eigenvalue weighted by molar-refractivity contribution is 5.95. The van der Waals surface area contributed by atoms with E-state index in [1.165, 1.54) is 0 Å². The average Bonchev–Trinajstić information content (AvgIpc) is 2.84. The van der Waals surface area contributed by atoms with Crippen LogP contribution in [-0.2, 0) is 0 Å². The number of nitrogens with zero attached hydrogens (tertiary/aromatic N) is 3. The molecule has 0 aliphatic carbocycles. The van der Waals surface area contributed by atoms with Crippen molar-refractivity contribution in [1.82, 2.24) is 14.9 Å². The van der Waals surface area contributed by atoms with Crippen LogP contribution in [0.25, 0.3) is 0 Å². The van der Waals surface area contributed by atoms with Gasteiger partial charge in [0, 0.05) is 47.8 Å². The fraction of sp³-hybridized carbons (Fsp3) is 0.346. The first-order valence-electron chi connectivity index (χ1n) is 11.4. The quantitative estimate of drug-likeness (QED) is 0.632. The predicted molar refractivity (Wildman–Crippen MR) is 127 cm³/mol. The zero-order chi connectivity index (χ0) is 22.8. The van der Waals surface area contributed by atoms with E-state index in [9.17, 15) is 4.79 Å². The smallest absolute Gasteiger partial charge is 0.254 e. The fourth-order valence-electron chi connectivity index (χ4n) is 4.49. The molecule has 4 heterocycles. The predicted octanol–water partition coefficient (Wildman–Crippen LogP) is 4.63. The summed E-state index contributed by atoms with van der Waals surface area (Å²) in [7, 11) is 0. The molecule has 33 heavy (non-hydrogen) atoms. The second-order valence-corrected chi connectivity index (χ2v) is 8.66. The zero-order valence-corrected chi connectivity index (χ0v) is 19.0. The van der Waals surface area contributed by atoms with Gasteiger partial charge in [0.15, 0.2) is 11.5 Å². The molecular formula is C26H28N4O3. The molecule has 1 aromatic carbocycles. The van der Waals surface area contributed by atoms with E-state index in [4.69, 9.17) is 14.5 Å². The lowest BCUT2D eigenvalue weighted by Crippen LogP contribution is -2.39. The minimum absolute atomic E-state index is 0.0202. The second-order valence-electron chi connectivity index (χ2n) is 8.66. The molecule has 3 aromatic rings. The lowest BCUT2D eigenvalue weighted by molar-refractivity contribution is 0.0705. The number of benzene rings is 1. The van der Waals surface area contributed by atoms with Crippen LogP contribution in [0.1, 0.15) is 46.1 Å². The van der Waals surface area contributed by atoms with Crippen molar-refractivity contribution in [1.29, 1.82) is 0 Å². The Balaban J connectivity index is 1.34. The van der Waals surface area contributed by atoms with Crippen LogP contribution in [0.4, 0.5) is 11.5 Å². The summed E-state index contributed by atoms with van der Waals surface area (Å²) in [5, 5.41) is 3.42. The number of hydrogen-bond acceptors (Lipinski definition) is 6. The highest BCUT2D eigenvalue weighted by Gasteiger charge is 2.27. The van der Waals surface area contributed by atoms with Crippen LogP contribution >= 0.6 is 0 Å². The number of aryl methyl sites for hydroxylation is 2. The van der Waals surface area contributed by atoms with Gasteiger partial charge in [0.1, 0.15) is 19.0 Å². The monoisotopic (exact) mass is 444 g/mol. The van der Waals surface area contributed by atoms with Gasteiger partial charge < -0.3 is 19.7 Å². The molecule has 0 bridgehead atoms. The molecule has 7 heteroatoms. The number of piperidine rings is 1. The van der Waals surface area contributed by atoms with Crippen LogP contribution in [0.3, 0.4) is 0 Å². The number of anilines is 2. The normalized spacial score (nSPS) is 17.5. The first kappa shape index (κ1) is 21.2. The van der Waals surface area contributed by atoms with Gasteiger partial charge in [-0.1, -0.05) is 6.07 Å². The largest absolute Gasteiger partial charge is 0.486 e. The van der Waals surface area contributed by atoms with Crippen molar-refractivity contribution in [3.05, 3.63) is 71.2 Å². The third kappa shape index (κ3) is 4.62. The summed E-state index contributed by atoms with van der Waals surface area (Å²) >= 11 is 0. The average molecular weight is 445 g/mol. The van der Waals surface area contributed by atoms with Crippen molar-refractivity contribution in [3.63, 3.8) is 0 Å². The van der Waals surface area contributed by atoms with Gasteiger partial charge in [-0.25, -0.2) is 4.98 Å². The Morgan fingerprint density at radius 3 is 2.79 bits per heavy atom. The summed E-state index contributed by atoms with van der Waals surface area (Å²) in [6.45, 7) is 6.46. The topological polar surface area (TPSA) is 76.6 Å². The molecule has 1 N–H and O–H groups in total. The van der Waals surface area contributed by atoms with E-state index in [0.29, 0.717) is 36.8 Å². The van der Waals surface area contributed by atoms with Gasteiger partial charge in [-0.05, 0) is 68.7 Å². The highest BCUT2D eigenvalue weighted by atomic mass is 16.6. The lowest BCUT2D eigenvalue weighted by atomic mass is 9.93. The van der Waals surface area contributed by atoms with Gasteiger partial charge in [-0.3, -0.25) is 9.78 Å². The number of fused-ring (bicyclic) bond motifs is 1. The molecule has 170 valence electrons. The summed E-state index contributed by atoms with van der Waals surface area (Å²) in [4.78, 5) is 24.4. The lowest BCUT2D eigenvalue weighted by Gasteiger charge is -2.33. The summed E-state index contributed by atoms with van der Waals surface area (Å²) in [6, 6.07) is 13.5. The van der Waals surface area contributed by atoms with Gasteiger partial charge in [0.2, 0.25) is 0 Å². The molecule has 2 aliphatic rings. The van der Waals surface area contributed by atoms with Crippen molar-refractivity contribution in [3.8, 4) is 11.5 Å². The molecule has 0 saturated carbocycles. The minimum Gasteiger partial charge on any atom is -0.486 e. The van der Waals surface area contributed by atoms with E-state index >= 15 is 0 Å². The van der Waals surface area contributed by atoms with Crippen molar-refractivity contribution < 1.29 is 14.3 Å². The fourth-order valence-corrected chi connectivity index (χ4v) is 4.49. The number of hydrogen-bond donors (Lipinski definition) is 1. The van der Waals surface area contributed by atoms with Crippen LogP contribution < -0.4 is 14.8 Å². The number of aromatic nitrogens is 2. The van der Waals surface area contributed by atoms with Gasteiger partial charge in [-0.15, -0.1) is 0 Å². The first-order chi connectivity index (χ1) is 16.1. The highest BCUT2D eigenvalue weighted by Crippen LogP contribution is 2.33. The first-order valence-corrected chi connectivity index (χ1v) is 11.4. The molecule has 1 atom stereocenters. The van der Waals surface area contributed by atoms with E-state index in [1.54, 1.807) is 12.3 Å². The van der Waals surface area contributed by atoms with E-state index in [1.807, 2.05) is 49.1 Å². The van der Waals surface area contributed by atoms with E-state index in [2.05, 4.69) is 16.4 Å². The molecule has 1 fully saturated rings. The molecule has 2 aromatic heterocycles. The minimum atomic E-state index is 0.0202. The molecule has 7 nitrogen and oxygen atoms in total. The van der Waals surface area contributed by atoms with Crippen molar-refractivity contribution >= 4 is 17.4 Å². The molecule has 5 rings (SSSR count). The standard InChI is InChI=1S/C26H28N4O3/c1-17-5-3-9-27-25(17)29-21-13-18(2)28-22(15-21)20-6-4-10-30(16-20)26(31)19-7-8-23-24(14-19)33-12-11-32-23/h3,5,7-9,13-15,20H,4,6,10-12,16H2,1-2H3,(H,27,28,29)/t20-/m0/s1. The van der Waals surface area contributed by atoms with Gasteiger partial charge >= 0.3 is 0 Å². The van der Waals surface area contributed by atoms with Crippen LogP contribution in [0.2, 0.25) is 0 Å². The Hall–Kier alpha value is -3.61. The maximum absolute atomic E-state index is 13.3. The molecule has 2 aliphatic heterocycles. The van der Waals surface area contributed by atoms with Gasteiger partial charge in [-0.2, -0.15) is 0 Å². The number of ether oxygens (including phenoxy) is 2. The van der Waals surface area contributed by atoms with Gasteiger partial charge in [0.25, 0.3) is 5.91 Å². The molecule has 1 saturated heterocycles. The number of carbonyl (C=O) groups excluding carboxylic acids is 1. The number of amides is 1. The molecular weight excluding hydrogens is 416 g/mol. The van der Waals surface area contributed by atoms with Crippen LogP contribution in [0.5, 0.6) is 11.5 Å². The maximum atomic E-state index is 13.3. The van der Waals surface area contributed by atoms with Crippen LogP contribution in [-0.4, -0.2) is 47.1 Å². The third-order valence-electron chi connectivity index (χ3n) is 6.16. The molecule has 1 amide bonds. The second kappa shape index (κ2) is 9.10. The van der Waals surface area contributed by atoms with E-state index in [-0.39, 0.29) is 11.8 Å². The molecule has 0 radical (unpaired) electrons. The Morgan fingerprint density at radius 1 is 1.09 bits per heavy atom. The molecule has 0 unspecified atom stereocenters. The Labute approximate surface area is 193 Å². The maximum Gasteiger partial charge on any atom is 0.254 e. The summed E-state index contributed by atoms with van der Waals surface area (Å²) in [6.07, 6.45) is 3.73. The van der Waals surface area contributed by atoms with E-state index < -0.39 is 0 Å². The zero-order valence-electron chi connectivity index (χ0n) is 19.0. The Bertz CT molecular complexity index is 1180. The number of rotatable bonds is 4. The number of pyridine rings is 2. The Morgan fingerprint density at radius 2 is 1.94 bits per heavy atom. The van der Waals surface area contributed by atoms with Gasteiger partial charge in [0.05, 0.1) is 0 Å².